The molecule has 0 atom stereocenters. The lowest BCUT2D eigenvalue weighted by atomic mass is 10.2. The summed E-state index contributed by atoms with van der Waals surface area (Å²) in [5.41, 5.74) is 1.03. The van der Waals surface area contributed by atoms with E-state index in [1.165, 1.54) is 43.5 Å². The first kappa shape index (κ1) is 23.9. The molecular weight excluding hydrogens is 470 g/mol. The number of aromatic nitrogens is 1. The largest absolute Gasteiger partial charge is 0.464 e. The maximum absolute atomic E-state index is 12.5. The molecule has 0 fully saturated rings. The third-order valence-corrected chi connectivity index (χ3v) is 6.04. The Morgan fingerprint density at radius 2 is 1.55 bits per heavy atom. The van der Waals surface area contributed by atoms with Crippen LogP contribution in [0.5, 0.6) is 0 Å². The molecule has 0 aliphatic carbocycles. The maximum Gasteiger partial charge on any atom is 0.356 e. The van der Waals surface area contributed by atoms with Crippen LogP contribution >= 0.6 is 11.6 Å². The van der Waals surface area contributed by atoms with E-state index in [1.54, 1.807) is 24.3 Å². The summed E-state index contributed by atoms with van der Waals surface area (Å²) >= 11 is 5.80. The van der Waals surface area contributed by atoms with Gasteiger partial charge < -0.3 is 10.1 Å². The predicted octanol–water partition coefficient (Wildman–Crippen LogP) is 2.57. The van der Waals surface area contributed by atoms with Gasteiger partial charge in [-0.05, 0) is 54.1 Å². The lowest BCUT2D eigenvalue weighted by molar-refractivity contribution is 0.0593. The number of carbonyl (C=O) groups is 3. The summed E-state index contributed by atoms with van der Waals surface area (Å²) in [5.74, 6) is -1.89. The fourth-order valence-corrected chi connectivity index (χ4v) is 3.77. The molecule has 0 saturated carbocycles. The van der Waals surface area contributed by atoms with Gasteiger partial charge in [0, 0.05) is 23.3 Å². The second-order valence-corrected chi connectivity index (χ2v) is 8.81. The highest BCUT2D eigenvalue weighted by Gasteiger charge is 2.19. The molecule has 11 heteroatoms. The van der Waals surface area contributed by atoms with Crippen molar-refractivity contribution in [2.24, 2.45) is 0 Å². The number of pyridine rings is 1. The SMILES string of the molecule is COC(=O)c1ccc(C(=O)NS(=O)(=O)c2ccc(CNC(=O)c3ccc(Cl)cc3)cc2)cn1. The molecule has 0 aliphatic heterocycles. The van der Waals surface area contributed by atoms with Gasteiger partial charge in [0.1, 0.15) is 5.69 Å². The van der Waals surface area contributed by atoms with Gasteiger partial charge in [-0.2, -0.15) is 0 Å². The molecule has 2 N–H and O–H groups in total. The van der Waals surface area contributed by atoms with E-state index >= 15 is 0 Å². The Morgan fingerprint density at radius 1 is 0.909 bits per heavy atom. The quantitative estimate of drug-likeness (QED) is 0.489. The second-order valence-electron chi connectivity index (χ2n) is 6.69. The van der Waals surface area contributed by atoms with Gasteiger partial charge in [0.25, 0.3) is 21.8 Å². The maximum atomic E-state index is 12.5. The topological polar surface area (TPSA) is 132 Å². The van der Waals surface area contributed by atoms with Gasteiger partial charge in [-0.25, -0.2) is 22.9 Å². The van der Waals surface area contributed by atoms with Crippen LogP contribution in [0.4, 0.5) is 0 Å². The lowest BCUT2D eigenvalue weighted by Crippen LogP contribution is -2.30. The average molecular weight is 488 g/mol. The molecule has 3 aromatic rings. The summed E-state index contributed by atoms with van der Waals surface area (Å²) in [6.07, 6.45) is 1.07. The molecule has 1 aromatic heterocycles. The van der Waals surface area contributed by atoms with Crippen molar-refractivity contribution in [3.05, 3.63) is 94.3 Å². The van der Waals surface area contributed by atoms with Crippen molar-refractivity contribution in [2.45, 2.75) is 11.4 Å². The van der Waals surface area contributed by atoms with Gasteiger partial charge in [-0.3, -0.25) is 9.59 Å². The first-order valence-electron chi connectivity index (χ1n) is 9.44. The Labute approximate surface area is 194 Å². The number of methoxy groups -OCH3 is 1. The Bertz CT molecular complexity index is 1280. The fraction of sp³-hybridized carbons (Fsp3) is 0.0909. The number of nitrogens with zero attached hydrogens (tertiary/aromatic N) is 1. The van der Waals surface area contributed by atoms with Gasteiger partial charge in [-0.1, -0.05) is 23.7 Å². The van der Waals surface area contributed by atoms with E-state index < -0.39 is 21.9 Å². The highest BCUT2D eigenvalue weighted by Crippen LogP contribution is 2.13. The summed E-state index contributed by atoms with van der Waals surface area (Å²) in [5, 5.41) is 3.24. The van der Waals surface area contributed by atoms with Crippen LogP contribution in [0.25, 0.3) is 0 Å². The number of benzene rings is 2. The molecule has 9 nitrogen and oxygen atoms in total. The van der Waals surface area contributed by atoms with Crippen LogP contribution in [-0.4, -0.2) is 38.3 Å². The van der Waals surface area contributed by atoms with E-state index in [9.17, 15) is 22.8 Å². The van der Waals surface area contributed by atoms with Crippen LogP contribution in [0.2, 0.25) is 5.02 Å². The average Bonchev–Trinajstić information content (AvgIpc) is 2.82. The van der Waals surface area contributed by atoms with Crippen LogP contribution < -0.4 is 10.0 Å². The van der Waals surface area contributed by atoms with E-state index in [0.717, 1.165) is 6.20 Å². The smallest absolute Gasteiger partial charge is 0.356 e. The number of esters is 1. The van der Waals surface area contributed by atoms with Crippen molar-refractivity contribution in [3.63, 3.8) is 0 Å². The van der Waals surface area contributed by atoms with E-state index in [2.05, 4.69) is 15.0 Å². The minimum absolute atomic E-state index is 0.0179. The van der Waals surface area contributed by atoms with Crippen LogP contribution in [0, 0.1) is 0 Å². The van der Waals surface area contributed by atoms with Crippen molar-refractivity contribution in [3.8, 4) is 0 Å². The van der Waals surface area contributed by atoms with E-state index in [4.69, 9.17) is 11.6 Å². The molecule has 0 radical (unpaired) electrons. The van der Waals surface area contributed by atoms with Crippen molar-refractivity contribution in [1.29, 1.82) is 0 Å². The highest BCUT2D eigenvalue weighted by molar-refractivity contribution is 7.90. The minimum Gasteiger partial charge on any atom is -0.464 e. The number of amides is 2. The number of hydrogen-bond acceptors (Lipinski definition) is 7. The van der Waals surface area contributed by atoms with Gasteiger partial charge in [0.05, 0.1) is 17.6 Å². The third kappa shape index (κ3) is 6.15. The molecular formula is C22H18ClN3O6S. The summed E-state index contributed by atoms with van der Waals surface area (Å²) in [4.78, 5) is 39.5. The standard InChI is InChI=1S/C22H18ClN3O6S/c1-32-22(29)19-11-6-16(13-24-19)21(28)26-33(30,31)18-9-2-14(3-10-18)12-25-20(27)15-4-7-17(23)8-5-15/h2-11,13H,12H2,1H3,(H,25,27)(H,26,28). The first-order chi connectivity index (χ1) is 15.7. The molecule has 0 bridgehead atoms. The molecule has 2 amide bonds. The number of rotatable bonds is 7. The Balaban J connectivity index is 1.61. The Kier molecular flexibility index (Phi) is 7.41. The van der Waals surface area contributed by atoms with Crippen molar-refractivity contribution >= 4 is 39.4 Å². The number of hydrogen-bond donors (Lipinski definition) is 2. The molecule has 0 unspecified atom stereocenters. The monoisotopic (exact) mass is 487 g/mol. The Hall–Kier alpha value is -3.76. The number of carbonyl (C=O) groups excluding carboxylic acids is 3. The molecule has 33 heavy (non-hydrogen) atoms. The molecule has 3 rings (SSSR count). The van der Waals surface area contributed by atoms with E-state index in [0.29, 0.717) is 16.1 Å². The molecule has 0 saturated heterocycles. The zero-order valence-electron chi connectivity index (χ0n) is 17.2. The normalized spacial score (nSPS) is 10.8. The zero-order valence-corrected chi connectivity index (χ0v) is 18.8. The van der Waals surface area contributed by atoms with Gasteiger partial charge in [0.15, 0.2) is 0 Å². The minimum atomic E-state index is -4.15. The molecule has 0 aliphatic rings. The van der Waals surface area contributed by atoms with Crippen LogP contribution in [-0.2, 0) is 21.3 Å². The summed E-state index contributed by atoms with van der Waals surface area (Å²) in [6, 6.07) is 14.6. The van der Waals surface area contributed by atoms with E-state index in [1.807, 2.05) is 4.72 Å². The molecule has 2 aromatic carbocycles. The second kappa shape index (κ2) is 10.2. The number of nitrogens with one attached hydrogen (secondary N) is 2. The Morgan fingerprint density at radius 3 is 2.12 bits per heavy atom. The summed E-state index contributed by atoms with van der Waals surface area (Å²) in [7, 11) is -2.96. The van der Waals surface area contributed by atoms with Crippen LogP contribution in [0.15, 0.2) is 71.8 Å². The molecule has 170 valence electrons. The number of halogens is 1. The number of sulfonamides is 1. The van der Waals surface area contributed by atoms with Gasteiger partial charge in [0.2, 0.25) is 0 Å². The summed E-state index contributed by atoms with van der Waals surface area (Å²) < 4.78 is 31.5. The van der Waals surface area contributed by atoms with Crippen molar-refractivity contribution in [2.75, 3.05) is 7.11 Å². The van der Waals surface area contributed by atoms with Crippen molar-refractivity contribution in [1.82, 2.24) is 15.0 Å². The summed E-state index contributed by atoms with van der Waals surface area (Å²) in [6.45, 7) is 0.173. The van der Waals surface area contributed by atoms with Crippen molar-refractivity contribution < 1.29 is 27.5 Å². The van der Waals surface area contributed by atoms with Gasteiger partial charge in [-0.15, -0.1) is 0 Å². The van der Waals surface area contributed by atoms with Gasteiger partial charge >= 0.3 is 5.97 Å². The zero-order chi connectivity index (χ0) is 24.0. The predicted molar refractivity (Wildman–Crippen MR) is 119 cm³/mol. The lowest BCUT2D eigenvalue weighted by Gasteiger charge is -2.09. The first-order valence-corrected chi connectivity index (χ1v) is 11.3. The number of ether oxygens (including phenoxy) is 1. The third-order valence-electron chi connectivity index (χ3n) is 4.44. The molecule has 0 spiro atoms. The van der Waals surface area contributed by atoms with Crippen LogP contribution in [0.1, 0.15) is 36.8 Å². The van der Waals surface area contributed by atoms with Crippen LogP contribution in [0.3, 0.4) is 0 Å². The molecule has 1 heterocycles. The fourth-order valence-electron chi connectivity index (χ4n) is 2.67. The van der Waals surface area contributed by atoms with E-state index in [-0.39, 0.29) is 28.6 Å². The highest BCUT2D eigenvalue weighted by atomic mass is 35.5.